The molecule has 1 aromatic heterocycles. The zero-order valence-corrected chi connectivity index (χ0v) is 17.7. The van der Waals surface area contributed by atoms with Crippen LogP contribution in [-0.4, -0.2) is 28.5 Å². The Bertz CT molecular complexity index is 877. The second kappa shape index (κ2) is 7.35. The van der Waals surface area contributed by atoms with Crippen molar-refractivity contribution in [2.24, 2.45) is 17.8 Å². The predicted molar refractivity (Wildman–Crippen MR) is 111 cm³/mol. The molecular formula is C22H27N3O3S. The number of anilines is 1. The number of nitrogens with one attached hydrogen (secondary N) is 1. The third kappa shape index (κ3) is 3.65. The van der Waals surface area contributed by atoms with E-state index in [0.29, 0.717) is 16.7 Å². The van der Waals surface area contributed by atoms with Gasteiger partial charge in [-0.3, -0.25) is 4.79 Å². The first-order chi connectivity index (χ1) is 14.0. The number of carbonyl (C=O) groups is 1. The van der Waals surface area contributed by atoms with E-state index < -0.39 is 0 Å². The first kappa shape index (κ1) is 19.0. The summed E-state index contributed by atoms with van der Waals surface area (Å²) in [7, 11) is 1.61. The van der Waals surface area contributed by atoms with Crippen molar-refractivity contribution in [1.29, 1.82) is 0 Å². The normalized spacial score (nSPS) is 30.9. The standard InChI is InChI=1S/C22H27N3O3S/c1-13(19(26)23-17-4-3-5-18(9-17)27-2)29-21-25-24-20(28-21)22-10-14-6-15(11-22)8-16(7-14)12-22/h3-5,9,13-16H,6-8,10-12H2,1-2H3,(H,23,26)/t13-,14?,15?,16?,22?/m1/s1. The van der Waals surface area contributed by atoms with Crippen LogP contribution in [0.2, 0.25) is 0 Å². The third-order valence-corrected chi connectivity index (χ3v) is 7.82. The van der Waals surface area contributed by atoms with Crippen molar-refractivity contribution >= 4 is 23.4 Å². The highest BCUT2D eigenvalue weighted by Gasteiger charge is 2.54. The summed E-state index contributed by atoms with van der Waals surface area (Å²) < 4.78 is 11.3. The maximum absolute atomic E-state index is 12.6. The van der Waals surface area contributed by atoms with Gasteiger partial charge in [0, 0.05) is 17.2 Å². The molecule has 4 aliphatic rings. The molecule has 154 valence electrons. The Labute approximate surface area is 175 Å². The monoisotopic (exact) mass is 413 g/mol. The first-order valence-electron chi connectivity index (χ1n) is 10.5. The number of ether oxygens (including phenoxy) is 1. The zero-order chi connectivity index (χ0) is 20.0. The quantitative estimate of drug-likeness (QED) is 0.694. The molecule has 6 rings (SSSR count). The second-order valence-electron chi connectivity index (χ2n) is 9.05. The SMILES string of the molecule is COc1cccc(NC(=O)[C@@H](C)Sc2nnc(C34CC5CC(CC(C5)C3)C4)o2)c1. The number of hydrogen-bond donors (Lipinski definition) is 1. The fourth-order valence-electron chi connectivity index (χ4n) is 5.99. The maximum Gasteiger partial charge on any atom is 0.277 e. The number of amides is 1. The molecule has 1 heterocycles. The van der Waals surface area contributed by atoms with Gasteiger partial charge in [0.15, 0.2) is 0 Å². The smallest absolute Gasteiger partial charge is 0.277 e. The van der Waals surface area contributed by atoms with Gasteiger partial charge >= 0.3 is 0 Å². The largest absolute Gasteiger partial charge is 0.497 e. The summed E-state index contributed by atoms with van der Waals surface area (Å²) in [6.07, 6.45) is 7.73. The molecule has 0 aliphatic heterocycles. The number of rotatable bonds is 6. The molecule has 2 aromatic rings. The van der Waals surface area contributed by atoms with E-state index in [1.54, 1.807) is 13.2 Å². The Morgan fingerprint density at radius 3 is 2.55 bits per heavy atom. The lowest BCUT2D eigenvalue weighted by atomic mass is 9.49. The minimum atomic E-state index is -0.342. The zero-order valence-electron chi connectivity index (χ0n) is 16.9. The highest BCUT2D eigenvalue weighted by Crippen LogP contribution is 2.60. The summed E-state index contributed by atoms with van der Waals surface area (Å²) in [5.41, 5.74) is 0.800. The maximum atomic E-state index is 12.6. The number of benzene rings is 1. The van der Waals surface area contributed by atoms with Crippen LogP contribution in [0.1, 0.15) is 51.3 Å². The van der Waals surface area contributed by atoms with Gasteiger partial charge in [-0.1, -0.05) is 17.8 Å². The average molecular weight is 414 g/mol. The molecule has 0 spiro atoms. The van der Waals surface area contributed by atoms with Crippen molar-refractivity contribution in [3.8, 4) is 5.75 Å². The van der Waals surface area contributed by atoms with E-state index in [1.807, 2.05) is 25.1 Å². The lowest BCUT2D eigenvalue weighted by molar-refractivity contribution is -0.115. The molecule has 4 fully saturated rings. The summed E-state index contributed by atoms with van der Waals surface area (Å²) in [5.74, 6) is 3.91. The molecule has 7 heteroatoms. The number of hydrogen-bond acceptors (Lipinski definition) is 6. The summed E-state index contributed by atoms with van der Waals surface area (Å²) >= 11 is 1.32. The summed E-state index contributed by atoms with van der Waals surface area (Å²) in [5, 5.41) is 11.8. The van der Waals surface area contributed by atoms with E-state index >= 15 is 0 Å². The van der Waals surface area contributed by atoms with Crippen LogP contribution in [-0.2, 0) is 10.2 Å². The number of carbonyl (C=O) groups excluding carboxylic acids is 1. The molecule has 1 aromatic carbocycles. The lowest BCUT2D eigenvalue weighted by Gasteiger charge is -2.55. The van der Waals surface area contributed by atoms with Crippen LogP contribution in [0.15, 0.2) is 33.9 Å². The first-order valence-corrected chi connectivity index (χ1v) is 11.4. The van der Waals surface area contributed by atoms with E-state index in [1.165, 1.54) is 50.3 Å². The Hall–Kier alpha value is -2.02. The van der Waals surface area contributed by atoms with Crippen LogP contribution in [0.4, 0.5) is 5.69 Å². The molecule has 4 aliphatic carbocycles. The highest BCUT2D eigenvalue weighted by molar-refractivity contribution is 8.00. The van der Waals surface area contributed by atoms with Crippen LogP contribution in [0.5, 0.6) is 5.75 Å². The van der Waals surface area contributed by atoms with Crippen LogP contribution >= 0.6 is 11.8 Å². The van der Waals surface area contributed by atoms with Gasteiger partial charge < -0.3 is 14.5 Å². The fourth-order valence-corrected chi connectivity index (χ4v) is 6.68. The Kier molecular flexibility index (Phi) is 4.81. The van der Waals surface area contributed by atoms with Gasteiger partial charge in [0.1, 0.15) is 5.75 Å². The predicted octanol–water partition coefficient (Wildman–Crippen LogP) is 4.67. The molecule has 0 radical (unpaired) electrons. The van der Waals surface area contributed by atoms with Crippen LogP contribution < -0.4 is 10.1 Å². The molecule has 4 bridgehead atoms. The van der Waals surface area contributed by atoms with E-state index in [9.17, 15) is 4.79 Å². The minimum Gasteiger partial charge on any atom is -0.497 e. The minimum absolute atomic E-state index is 0.0899. The fraction of sp³-hybridized carbons (Fsp3) is 0.591. The number of nitrogens with zero attached hydrogens (tertiary/aromatic N) is 2. The average Bonchev–Trinajstić information content (AvgIpc) is 3.16. The van der Waals surface area contributed by atoms with E-state index in [4.69, 9.17) is 9.15 Å². The number of thioether (sulfide) groups is 1. The Morgan fingerprint density at radius 2 is 1.90 bits per heavy atom. The third-order valence-electron chi connectivity index (χ3n) is 6.88. The van der Waals surface area contributed by atoms with Crippen molar-refractivity contribution in [3.05, 3.63) is 30.2 Å². The van der Waals surface area contributed by atoms with Crippen LogP contribution in [0.3, 0.4) is 0 Å². The van der Waals surface area contributed by atoms with Crippen molar-refractivity contribution in [3.63, 3.8) is 0 Å². The van der Waals surface area contributed by atoms with Gasteiger partial charge in [-0.25, -0.2) is 0 Å². The van der Waals surface area contributed by atoms with Crippen LogP contribution in [0, 0.1) is 17.8 Å². The van der Waals surface area contributed by atoms with Gasteiger partial charge in [-0.2, -0.15) is 0 Å². The van der Waals surface area contributed by atoms with Crippen molar-refractivity contribution < 1.29 is 13.9 Å². The van der Waals surface area contributed by atoms with E-state index in [2.05, 4.69) is 15.5 Å². The van der Waals surface area contributed by atoms with E-state index in [0.717, 1.165) is 23.6 Å². The number of methoxy groups -OCH3 is 1. The van der Waals surface area contributed by atoms with Crippen molar-refractivity contribution in [1.82, 2.24) is 10.2 Å². The molecule has 6 nitrogen and oxygen atoms in total. The van der Waals surface area contributed by atoms with Crippen LogP contribution in [0.25, 0.3) is 0 Å². The van der Waals surface area contributed by atoms with E-state index in [-0.39, 0.29) is 16.6 Å². The highest BCUT2D eigenvalue weighted by atomic mass is 32.2. The lowest BCUT2D eigenvalue weighted by Crippen LogP contribution is -2.48. The Morgan fingerprint density at radius 1 is 1.21 bits per heavy atom. The van der Waals surface area contributed by atoms with Crippen molar-refractivity contribution in [2.45, 2.75) is 61.3 Å². The van der Waals surface area contributed by atoms with Gasteiger partial charge in [-0.15, -0.1) is 10.2 Å². The molecule has 29 heavy (non-hydrogen) atoms. The molecular weight excluding hydrogens is 386 g/mol. The van der Waals surface area contributed by atoms with Crippen molar-refractivity contribution in [2.75, 3.05) is 12.4 Å². The summed E-state index contributed by atoms with van der Waals surface area (Å²) in [6, 6.07) is 7.34. The number of aromatic nitrogens is 2. The molecule has 0 unspecified atom stereocenters. The Balaban J connectivity index is 1.25. The van der Waals surface area contributed by atoms with Gasteiger partial charge in [0.05, 0.1) is 12.4 Å². The van der Waals surface area contributed by atoms with Gasteiger partial charge in [0.25, 0.3) is 5.22 Å². The molecule has 1 atom stereocenters. The van der Waals surface area contributed by atoms with Gasteiger partial charge in [0.2, 0.25) is 11.8 Å². The summed E-state index contributed by atoms with van der Waals surface area (Å²) in [6.45, 7) is 1.86. The van der Waals surface area contributed by atoms with Gasteiger partial charge in [-0.05, 0) is 75.3 Å². The second-order valence-corrected chi connectivity index (χ2v) is 10.3. The molecule has 1 amide bonds. The molecule has 4 saturated carbocycles. The molecule has 0 saturated heterocycles. The summed E-state index contributed by atoms with van der Waals surface area (Å²) in [4.78, 5) is 12.6. The molecule has 1 N–H and O–H groups in total. The topological polar surface area (TPSA) is 77.2 Å².